The van der Waals surface area contributed by atoms with E-state index in [1.165, 1.54) is 11.1 Å². The van der Waals surface area contributed by atoms with E-state index in [-0.39, 0.29) is 0 Å². The van der Waals surface area contributed by atoms with Crippen LogP contribution < -0.4 is 11.3 Å². The maximum atomic E-state index is 5.24. The molecule has 3 N–H and O–H groups in total. The molecule has 0 unspecified atom stereocenters. The number of nitrogens with two attached hydrogens (primary N) is 1. The van der Waals surface area contributed by atoms with Gasteiger partial charge in [-0.1, -0.05) is 24.3 Å². The van der Waals surface area contributed by atoms with E-state index in [1.54, 1.807) is 0 Å². The highest BCUT2D eigenvalue weighted by molar-refractivity contribution is 5.25. The van der Waals surface area contributed by atoms with Gasteiger partial charge in [0.15, 0.2) is 0 Å². The quantitative estimate of drug-likeness (QED) is 0.414. The Bertz CT molecular complexity index is 273. The zero-order valence-corrected chi connectivity index (χ0v) is 8.96. The maximum absolute atomic E-state index is 5.24. The highest BCUT2D eigenvalue weighted by Crippen LogP contribution is 2.07. The minimum absolute atomic E-state index is 0.728. The summed E-state index contributed by atoms with van der Waals surface area (Å²) in [5.41, 5.74) is 5.42. The summed E-state index contributed by atoms with van der Waals surface area (Å²) in [6.07, 6.45) is 1.07. The molecule has 0 amide bonds. The van der Waals surface area contributed by atoms with Crippen LogP contribution in [0.1, 0.15) is 11.1 Å². The van der Waals surface area contributed by atoms with Crippen molar-refractivity contribution in [2.75, 3.05) is 20.3 Å². The highest BCUT2D eigenvalue weighted by Gasteiger charge is 1.99. The van der Waals surface area contributed by atoms with Crippen molar-refractivity contribution >= 4 is 0 Å². The molecule has 0 heterocycles. The molecular formula is C11H19N3. The molecule has 0 spiro atoms. The monoisotopic (exact) mass is 193 g/mol. The summed E-state index contributed by atoms with van der Waals surface area (Å²) in [6, 6.07) is 8.49. The lowest BCUT2D eigenvalue weighted by Gasteiger charge is -2.16. The number of aryl methyl sites for hydroxylation is 1. The molecule has 3 nitrogen and oxygen atoms in total. The largest absolute Gasteiger partial charge is 0.292 e. The molecular weight excluding hydrogens is 174 g/mol. The van der Waals surface area contributed by atoms with E-state index in [0.29, 0.717) is 0 Å². The van der Waals surface area contributed by atoms with Crippen molar-refractivity contribution in [1.82, 2.24) is 10.3 Å². The molecule has 78 valence electrons. The summed E-state index contributed by atoms with van der Waals surface area (Å²) < 4.78 is 0. The molecule has 1 rings (SSSR count). The van der Waals surface area contributed by atoms with Crippen molar-refractivity contribution in [2.45, 2.75) is 13.3 Å². The van der Waals surface area contributed by atoms with Gasteiger partial charge in [0.1, 0.15) is 0 Å². The van der Waals surface area contributed by atoms with E-state index < -0.39 is 0 Å². The summed E-state index contributed by atoms with van der Waals surface area (Å²) >= 11 is 0. The maximum Gasteiger partial charge on any atom is 0.0610 e. The lowest BCUT2D eigenvalue weighted by molar-refractivity contribution is 0.312. The van der Waals surface area contributed by atoms with Crippen LogP contribution in [0.4, 0.5) is 0 Å². The average Bonchev–Trinajstić information content (AvgIpc) is 2.17. The smallest absolute Gasteiger partial charge is 0.0610 e. The number of benzene rings is 1. The topological polar surface area (TPSA) is 41.3 Å². The molecule has 0 fully saturated rings. The second-order valence-electron chi connectivity index (χ2n) is 3.62. The van der Waals surface area contributed by atoms with Gasteiger partial charge in [0.05, 0.1) is 6.67 Å². The van der Waals surface area contributed by atoms with Gasteiger partial charge in [-0.2, -0.15) is 0 Å². The summed E-state index contributed by atoms with van der Waals surface area (Å²) in [7, 11) is 2.05. The van der Waals surface area contributed by atoms with Gasteiger partial charge in [0, 0.05) is 6.54 Å². The molecule has 1 aromatic rings. The molecule has 0 aliphatic rings. The lowest BCUT2D eigenvalue weighted by Crippen LogP contribution is -2.36. The summed E-state index contributed by atoms with van der Waals surface area (Å²) in [5, 5.41) is 0. The number of hydrazine groups is 1. The van der Waals surface area contributed by atoms with E-state index in [4.69, 9.17) is 5.84 Å². The standard InChI is InChI=1S/C11H19N3/c1-10-5-3-4-6-11(10)7-8-14(2)9-13-12/h3-6,13H,7-9,12H2,1-2H3. The van der Waals surface area contributed by atoms with Gasteiger partial charge in [-0.25, -0.2) is 5.43 Å². The molecule has 0 radical (unpaired) electrons. The number of nitrogens with zero attached hydrogens (tertiary/aromatic N) is 1. The fourth-order valence-electron chi connectivity index (χ4n) is 1.44. The Morgan fingerprint density at radius 2 is 2.07 bits per heavy atom. The van der Waals surface area contributed by atoms with Crippen LogP contribution in [0.15, 0.2) is 24.3 Å². The van der Waals surface area contributed by atoms with Crippen LogP contribution in [0.5, 0.6) is 0 Å². The van der Waals surface area contributed by atoms with Gasteiger partial charge in [0.25, 0.3) is 0 Å². The third-order valence-electron chi connectivity index (χ3n) is 2.39. The van der Waals surface area contributed by atoms with Crippen LogP contribution in [0.25, 0.3) is 0 Å². The van der Waals surface area contributed by atoms with Crippen molar-refractivity contribution in [3.63, 3.8) is 0 Å². The van der Waals surface area contributed by atoms with Gasteiger partial charge in [0.2, 0.25) is 0 Å². The van der Waals surface area contributed by atoms with Gasteiger partial charge in [-0.15, -0.1) is 0 Å². The Morgan fingerprint density at radius 1 is 1.36 bits per heavy atom. The summed E-state index contributed by atoms with van der Waals surface area (Å²) in [6.45, 7) is 3.90. The molecule has 0 bridgehead atoms. The fourth-order valence-corrected chi connectivity index (χ4v) is 1.44. The minimum atomic E-state index is 0.728. The van der Waals surface area contributed by atoms with E-state index in [9.17, 15) is 0 Å². The molecule has 14 heavy (non-hydrogen) atoms. The van der Waals surface area contributed by atoms with Gasteiger partial charge in [-0.05, 0) is 31.5 Å². The number of hydrogen-bond acceptors (Lipinski definition) is 3. The van der Waals surface area contributed by atoms with Crippen LogP contribution in [-0.4, -0.2) is 25.2 Å². The second-order valence-corrected chi connectivity index (χ2v) is 3.62. The van der Waals surface area contributed by atoms with Crippen LogP contribution in [0.2, 0.25) is 0 Å². The Balaban J connectivity index is 2.41. The first-order valence-electron chi connectivity index (χ1n) is 4.90. The Labute approximate surface area is 85.9 Å². The first kappa shape index (κ1) is 11.2. The van der Waals surface area contributed by atoms with Crippen molar-refractivity contribution < 1.29 is 0 Å². The average molecular weight is 193 g/mol. The molecule has 0 aliphatic carbocycles. The van der Waals surface area contributed by atoms with Crippen molar-refractivity contribution in [1.29, 1.82) is 0 Å². The number of nitrogens with one attached hydrogen (secondary N) is 1. The number of rotatable bonds is 5. The third kappa shape index (κ3) is 3.46. The van der Waals surface area contributed by atoms with E-state index in [1.807, 2.05) is 0 Å². The SMILES string of the molecule is Cc1ccccc1CCN(C)CNN. The summed E-state index contributed by atoms with van der Waals surface area (Å²) in [4.78, 5) is 2.16. The number of likely N-dealkylation sites (N-methyl/N-ethyl adjacent to an activating group) is 1. The van der Waals surface area contributed by atoms with Crippen LogP contribution in [-0.2, 0) is 6.42 Å². The first-order chi connectivity index (χ1) is 6.74. The predicted molar refractivity (Wildman–Crippen MR) is 59.7 cm³/mol. The molecule has 0 atom stereocenters. The zero-order valence-electron chi connectivity index (χ0n) is 8.96. The van der Waals surface area contributed by atoms with Gasteiger partial charge in [-0.3, -0.25) is 10.7 Å². The van der Waals surface area contributed by atoms with E-state index in [2.05, 4.69) is 48.6 Å². The van der Waals surface area contributed by atoms with Crippen molar-refractivity contribution in [3.05, 3.63) is 35.4 Å². The molecule has 0 aromatic heterocycles. The van der Waals surface area contributed by atoms with E-state index in [0.717, 1.165) is 19.6 Å². The first-order valence-corrected chi connectivity index (χ1v) is 4.90. The molecule has 0 saturated carbocycles. The highest BCUT2D eigenvalue weighted by atomic mass is 15.3. The lowest BCUT2D eigenvalue weighted by atomic mass is 10.1. The van der Waals surface area contributed by atoms with Crippen LogP contribution in [0.3, 0.4) is 0 Å². The Morgan fingerprint density at radius 3 is 2.71 bits per heavy atom. The molecule has 0 aliphatic heterocycles. The Hall–Kier alpha value is -0.900. The predicted octanol–water partition coefficient (Wildman–Crippen LogP) is 0.890. The zero-order chi connectivity index (χ0) is 10.4. The van der Waals surface area contributed by atoms with Crippen molar-refractivity contribution in [3.8, 4) is 0 Å². The van der Waals surface area contributed by atoms with E-state index >= 15 is 0 Å². The van der Waals surface area contributed by atoms with Crippen LogP contribution in [0, 0.1) is 6.92 Å². The Kier molecular flexibility index (Phi) is 4.59. The molecule has 0 saturated heterocycles. The summed E-state index contributed by atoms with van der Waals surface area (Å²) in [5.74, 6) is 5.24. The van der Waals surface area contributed by atoms with Gasteiger partial charge >= 0.3 is 0 Å². The fraction of sp³-hybridized carbons (Fsp3) is 0.455. The minimum Gasteiger partial charge on any atom is -0.292 e. The second kappa shape index (κ2) is 5.75. The molecule has 3 heteroatoms. The third-order valence-corrected chi connectivity index (χ3v) is 2.39. The van der Waals surface area contributed by atoms with Crippen molar-refractivity contribution in [2.24, 2.45) is 5.84 Å². The normalized spacial score (nSPS) is 10.9. The molecule has 1 aromatic carbocycles. The van der Waals surface area contributed by atoms with Crippen LogP contribution >= 0.6 is 0 Å². The number of hydrogen-bond donors (Lipinski definition) is 2. The van der Waals surface area contributed by atoms with Gasteiger partial charge < -0.3 is 0 Å².